The van der Waals surface area contributed by atoms with E-state index in [0.29, 0.717) is 0 Å². The Hall–Kier alpha value is -0.0800. The first kappa shape index (κ1) is 15.0. The molecule has 0 radical (unpaired) electrons. The highest BCUT2D eigenvalue weighted by atomic mass is 15.1. The molecule has 3 unspecified atom stereocenters. The minimum absolute atomic E-state index is 0.771. The number of rotatable bonds is 7. The molecule has 1 N–H and O–H groups in total. The molecule has 0 aromatic rings. The van der Waals surface area contributed by atoms with E-state index in [2.05, 4.69) is 38.0 Å². The third-order valence-corrected chi connectivity index (χ3v) is 4.25. The molecule has 1 rings (SSSR count). The molecule has 0 spiro atoms. The molecule has 1 saturated carbocycles. The van der Waals surface area contributed by atoms with Crippen molar-refractivity contribution in [1.82, 2.24) is 10.2 Å². The molecule has 0 aromatic carbocycles. The van der Waals surface area contributed by atoms with Gasteiger partial charge in [-0.1, -0.05) is 33.6 Å². The summed E-state index contributed by atoms with van der Waals surface area (Å²) in [5.41, 5.74) is 0. The van der Waals surface area contributed by atoms with Crippen molar-refractivity contribution in [3.05, 3.63) is 0 Å². The van der Waals surface area contributed by atoms with Crippen molar-refractivity contribution < 1.29 is 0 Å². The van der Waals surface area contributed by atoms with Gasteiger partial charge in [-0.2, -0.15) is 0 Å². The Morgan fingerprint density at radius 1 is 1.29 bits per heavy atom. The van der Waals surface area contributed by atoms with E-state index < -0.39 is 0 Å². The van der Waals surface area contributed by atoms with Gasteiger partial charge in [0.15, 0.2) is 0 Å². The second-order valence-electron chi connectivity index (χ2n) is 5.92. The first-order valence-corrected chi connectivity index (χ1v) is 7.60. The largest absolute Gasteiger partial charge is 0.314 e. The van der Waals surface area contributed by atoms with Crippen molar-refractivity contribution in [1.29, 1.82) is 0 Å². The summed E-state index contributed by atoms with van der Waals surface area (Å²) >= 11 is 0. The molecule has 102 valence electrons. The average Bonchev–Trinajstić information content (AvgIpc) is 2.36. The second kappa shape index (κ2) is 8.10. The molecule has 0 amide bonds. The van der Waals surface area contributed by atoms with Crippen LogP contribution in [0.3, 0.4) is 0 Å². The van der Waals surface area contributed by atoms with E-state index in [0.717, 1.165) is 18.0 Å². The molecular formula is C15H32N2. The summed E-state index contributed by atoms with van der Waals surface area (Å²) < 4.78 is 0. The van der Waals surface area contributed by atoms with E-state index in [-0.39, 0.29) is 0 Å². The predicted molar refractivity (Wildman–Crippen MR) is 76.4 cm³/mol. The van der Waals surface area contributed by atoms with Crippen LogP contribution < -0.4 is 5.32 Å². The smallest absolute Gasteiger partial charge is 0.0107 e. The minimum Gasteiger partial charge on any atom is -0.314 e. The first-order chi connectivity index (χ1) is 8.17. The van der Waals surface area contributed by atoms with E-state index >= 15 is 0 Å². The lowest BCUT2D eigenvalue weighted by molar-refractivity contribution is 0.151. The van der Waals surface area contributed by atoms with Gasteiger partial charge >= 0.3 is 0 Å². The van der Waals surface area contributed by atoms with Crippen LogP contribution in [0.5, 0.6) is 0 Å². The Kier molecular flexibility index (Phi) is 7.14. The fourth-order valence-electron chi connectivity index (χ4n) is 2.87. The second-order valence-corrected chi connectivity index (χ2v) is 5.92. The Bertz CT molecular complexity index is 193. The lowest BCUT2D eigenvalue weighted by atomic mass is 9.89. The van der Waals surface area contributed by atoms with Gasteiger partial charge in [-0.15, -0.1) is 0 Å². The molecule has 3 atom stereocenters. The monoisotopic (exact) mass is 240 g/mol. The summed E-state index contributed by atoms with van der Waals surface area (Å²) in [7, 11) is 2.32. The normalized spacial score (nSPS) is 27.4. The first-order valence-electron chi connectivity index (χ1n) is 7.60. The van der Waals surface area contributed by atoms with Crippen LogP contribution in [0.1, 0.15) is 59.3 Å². The molecule has 0 bridgehead atoms. The summed E-state index contributed by atoms with van der Waals surface area (Å²) in [6.45, 7) is 9.37. The van der Waals surface area contributed by atoms with Gasteiger partial charge in [0, 0.05) is 18.6 Å². The van der Waals surface area contributed by atoms with Crippen LogP contribution in [0, 0.1) is 5.92 Å². The summed E-state index contributed by atoms with van der Waals surface area (Å²) in [6, 6.07) is 1.58. The molecule has 0 aliphatic heterocycles. The Morgan fingerprint density at radius 3 is 2.71 bits per heavy atom. The molecule has 2 heteroatoms. The topological polar surface area (TPSA) is 15.3 Å². The molecule has 0 aromatic heterocycles. The molecule has 17 heavy (non-hydrogen) atoms. The Labute approximate surface area is 108 Å². The highest BCUT2D eigenvalue weighted by Crippen LogP contribution is 2.23. The van der Waals surface area contributed by atoms with Gasteiger partial charge < -0.3 is 10.2 Å². The summed E-state index contributed by atoms with van der Waals surface area (Å²) in [5, 5.41) is 3.70. The van der Waals surface area contributed by atoms with E-state index in [1.165, 1.54) is 51.6 Å². The fourth-order valence-corrected chi connectivity index (χ4v) is 2.87. The third kappa shape index (κ3) is 5.39. The van der Waals surface area contributed by atoms with Gasteiger partial charge in [-0.05, 0) is 45.2 Å². The van der Waals surface area contributed by atoms with Crippen molar-refractivity contribution >= 4 is 0 Å². The van der Waals surface area contributed by atoms with E-state index in [1.807, 2.05) is 0 Å². The zero-order chi connectivity index (χ0) is 12.7. The van der Waals surface area contributed by atoms with Gasteiger partial charge in [-0.3, -0.25) is 0 Å². The van der Waals surface area contributed by atoms with Crippen LogP contribution in [0.4, 0.5) is 0 Å². The average molecular weight is 240 g/mol. The summed E-state index contributed by atoms with van der Waals surface area (Å²) in [4.78, 5) is 2.61. The lowest BCUT2D eigenvalue weighted by Gasteiger charge is -2.36. The number of nitrogens with one attached hydrogen (secondary N) is 1. The predicted octanol–water partition coefficient (Wildman–Crippen LogP) is 3.28. The minimum atomic E-state index is 0.771. The standard InChI is InChI=1S/C15H32N2/c1-5-10-16-14-8-7-9-15(11-14)17(4)12-13(3)6-2/h13-16H,5-12H2,1-4H3. The van der Waals surface area contributed by atoms with Crippen LogP contribution >= 0.6 is 0 Å². The molecular weight excluding hydrogens is 208 g/mol. The van der Waals surface area contributed by atoms with Crippen LogP contribution in [0.15, 0.2) is 0 Å². The molecule has 0 heterocycles. The van der Waals surface area contributed by atoms with Crippen LogP contribution in [0.25, 0.3) is 0 Å². The van der Waals surface area contributed by atoms with Crippen LogP contribution in [0.2, 0.25) is 0 Å². The maximum atomic E-state index is 3.70. The van der Waals surface area contributed by atoms with Gasteiger partial charge in [0.1, 0.15) is 0 Å². The number of hydrogen-bond acceptors (Lipinski definition) is 2. The van der Waals surface area contributed by atoms with Crippen molar-refractivity contribution in [2.45, 2.75) is 71.4 Å². The molecule has 1 fully saturated rings. The van der Waals surface area contributed by atoms with Crippen molar-refractivity contribution in [2.24, 2.45) is 5.92 Å². The van der Waals surface area contributed by atoms with E-state index in [4.69, 9.17) is 0 Å². The number of nitrogens with zero attached hydrogens (tertiary/aromatic N) is 1. The molecule has 0 saturated heterocycles. The molecule has 1 aliphatic carbocycles. The van der Waals surface area contributed by atoms with Crippen molar-refractivity contribution in [2.75, 3.05) is 20.1 Å². The van der Waals surface area contributed by atoms with E-state index in [9.17, 15) is 0 Å². The van der Waals surface area contributed by atoms with Crippen molar-refractivity contribution in [3.63, 3.8) is 0 Å². The SMILES string of the molecule is CCCNC1CCCC(N(C)CC(C)CC)C1. The van der Waals surface area contributed by atoms with Gasteiger partial charge in [0.2, 0.25) is 0 Å². The fraction of sp³-hybridized carbons (Fsp3) is 1.00. The molecule has 2 nitrogen and oxygen atoms in total. The maximum absolute atomic E-state index is 3.70. The summed E-state index contributed by atoms with van der Waals surface area (Å²) in [5.74, 6) is 0.837. The van der Waals surface area contributed by atoms with E-state index in [1.54, 1.807) is 0 Å². The Morgan fingerprint density at radius 2 is 2.06 bits per heavy atom. The zero-order valence-corrected chi connectivity index (χ0v) is 12.3. The lowest BCUT2D eigenvalue weighted by Crippen LogP contribution is -2.44. The quantitative estimate of drug-likeness (QED) is 0.735. The van der Waals surface area contributed by atoms with Gasteiger partial charge in [0.05, 0.1) is 0 Å². The third-order valence-electron chi connectivity index (χ3n) is 4.25. The Balaban J connectivity index is 2.32. The van der Waals surface area contributed by atoms with Gasteiger partial charge in [-0.25, -0.2) is 0 Å². The van der Waals surface area contributed by atoms with Crippen LogP contribution in [-0.2, 0) is 0 Å². The number of hydrogen-bond donors (Lipinski definition) is 1. The highest BCUT2D eigenvalue weighted by Gasteiger charge is 2.24. The van der Waals surface area contributed by atoms with Crippen LogP contribution in [-0.4, -0.2) is 37.1 Å². The zero-order valence-electron chi connectivity index (χ0n) is 12.3. The van der Waals surface area contributed by atoms with Crippen molar-refractivity contribution in [3.8, 4) is 0 Å². The highest BCUT2D eigenvalue weighted by molar-refractivity contribution is 4.83. The summed E-state index contributed by atoms with van der Waals surface area (Å²) in [6.07, 6.45) is 8.09. The maximum Gasteiger partial charge on any atom is 0.0107 e. The van der Waals surface area contributed by atoms with Gasteiger partial charge in [0.25, 0.3) is 0 Å². The molecule has 1 aliphatic rings.